The molecule has 0 fully saturated rings. The maximum atomic E-state index is 10.2. The highest BCUT2D eigenvalue weighted by Crippen LogP contribution is 2.37. The number of allylic oxidation sites excluding steroid dienone is 1. The van der Waals surface area contributed by atoms with E-state index in [4.69, 9.17) is 0 Å². The first kappa shape index (κ1) is 18.3. The van der Waals surface area contributed by atoms with E-state index in [0.29, 0.717) is 5.75 Å². The van der Waals surface area contributed by atoms with Gasteiger partial charge in [0.05, 0.1) is 0 Å². The molecule has 0 saturated heterocycles. The standard InChI is InChI=1S/C23H30O/c1-22(2,3)20-15-18(24)16-21(23(4,5)6)19(20)14-10-13-17-11-8-7-9-12-17/h7-13,15-16,24H,14H2,1-6H3/b13-10+. The van der Waals surface area contributed by atoms with E-state index >= 15 is 0 Å². The molecule has 0 unspecified atom stereocenters. The van der Waals surface area contributed by atoms with Crippen LogP contribution < -0.4 is 0 Å². The van der Waals surface area contributed by atoms with Crippen LogP contribution in [0.4, 0.5) is 0 Å². The van der Waals surface area contributed by atoms with Crippen molar-refractivity contribution in [1.82, 2.24) is 0 Å². The topological polar surface area (TPSA) is 20.2 Å². The first-order chi connectivity index (χ1) is 11.1. The summed E-state index contributed by atoms with van der Waals surface area (Å²) in [6.45, 7) is 13.2. The summed E-state index contributed by atoms with van der Waals surface area (Å²) in [5, 5.41) is 10.2. The van der Waals surface area contributed by atoms with Crippen molar-refractivity contribution in [2.24, 2.45) is 0 Å². The van der Waals surface area contributed by atoms with Gasteiger partial charge in [0, 0.05) is 0 Å². The SMILES string of the molecule is CC(C)(C)c1cc(O)cc(C(C)(C)C)c1C/C=C/c1ccccc1. The van der Waals surface area contributed by atoms with Crippen molar-refractivity contribution in [2.45, 2.75) is 58.8 Å². The molecule has 0 heterocycles. The van der Waals surface area contributed by atoms with E-state index in [9.17, 15) is 5.11 Å². The van der Waals surface area contributed by atoms with E-state index in [-0.39, 0.29) is 10.8 Å². The second-order valence-corrected chi connectivity index (χ2v) is 8.54. The molecule has 1 nitrogen and oxygen atoms in total. The molecular weight excluding hydrogens is 292 g/mol. The van der Waals surface area contributed by atoms with Gasteiger partial charge in [-0.1, -0.05) is 84.0 Å². The van der Waals surface area contributed by atoms with Crippen molar-refractivity contribution < 1.29 is 5.11 Å². The minimum atomic E-state index is -0.00530. The molecule has 0 radical (unpaired) electrons. The Hall–Kier alpha value is -2.02. The average Bonchev–Trinajstić information content (AvgIpc) is 2.47. The Morgan fingerprint density at radius 1 is 0.833 bits per heavy atom. The number of rotatable bonds is 3. The Bertz CT molecular complexity index is 675. The molecule has 24 heavy (non-hydrogen) atoms. The second-order valence-electron chi connectivity index (χ2n) is 8.54. The van der Waals surface area contributed by atoms with Gasteiger partial charge in [0.1, 0.15) is 5.75 Å². The summed E-state index contributed by atoms with van der Waals surface area (Å²) in [7, 11) is 0. The van der Waals surface area contributed by atoms with Gasteiger partial charge < -0.3 is 5.11 Å². The Morgan fingerprint density at radius 3 is 1.79 bits per heavy atom. The Kier molecular flexibility index (Phi) is 5.22. The van der Waals surface area contributed by atoms with Crippen LogP contribution in [-0.2, 0) is 17.3 Å². The summed E-state index contributed by atoms with van der Waals surface area (Å²) in [5.41, 5.74) is 4.99. The maximum Gasteiger partial charge on any atom is 0.116 e. The van der Waals surface area contributed by atoms with Crippen molar-refractivity contribution in [1.29, 1.82) is 0 Å². The zero-order valence-electron chi connectivity index (χ0n) is 15.9. The van der Waals surface area contributed by atoms with Crippen LogP contribution in [0.2, 0.25) is 0 Å². The van der Waals surface area contributed by atoms with Gasteiger partial charge >= 0.3 is 0 Å². The molecule has 0 aliphatic rings. The van der Waals surface area contributed by atoms with Crippen LogP contribution in [0.5, 0.6) is 5.75 Å². The lowest BCUT2D eigenvalue weighted by molar-refractivity contribution is 0.464. The normalized spacial score (nSPS) is 12.8. The monoisotopic (exact) mass is 322 g/mol. The number of hydrogen-bond acceptors (Lipinski definition) is 1. The Morgan fingerprint density at radius 2 is 1.33 bits per heavy atom. The molecule has 2 aromatic carbocycles. The Labute approximate surface area is 147 Å². The summed E-state index contributed by atoms with van der Waals surface area (Å²) in [5.74, 6) is 0.362. The Balaban J connectivity index is 2.48. The lowest BCUT2D eigenvalue weighted by atomic mass is 9.75. The largest absolute Gasteiger partial charge is 0.508 e. The molecule has 0 atom stereocenters. The number of phenolic OH excluding ortho intramolecular Hbond substituents is 1. The van der Waals surface area contributed by atoms with Crippen LogP contribution in [0.3, 0.4) is 0 Å². The lowest BCUT2D eigenvalue weighted by Crippen LogP contribution is -2.20. The lowest BCUT2D eigenvalue weighted by Gasteiger charge is -2.30. The van der Waals surface area contributed by atoms with Crippen LogP contribution in [0.1, 0.15) is 63.8 Å². The first-order valence-electron chi connectivity index (χ1n) is 8.67. The molecule has 1 heteroatoms. The predicted molar refractivity (Wildman–Crippen MR) is 105 cm³/mol. The molecule has 0 amide bonds. The third-order valence-corrected chi connectivity index (χ3v) is 4.28. The van der Waals surface area contributed by atoms with Gasteiger partial charge in [-0.15, -0.1) is 0 Å². The molecule has 1 N–H and O–H groups in total. The van der Waals surface area contributed by atoms with Crippen molar-refractivity contribution in [3.63, 3.8) is 0 Å². The smallest absolute Gasteiger partial charge is 0.116 e. The summed E-state index contributed by atoms with van der Waals surface area (Å²) >= 11 is 0. The van der Waals surface area contributed by atoms with Crippen LogP contribution >= 0.6 is 0 Å². The van der Waals surface area contributed by atoms with Gasteiger partial charge in [0.2, 0.25) is 0 Å². The fourth-order valence-corrected chi connectivity index (χ4v) is 3.09. The van der Waals surface area contributed by atoms with Crippen LogP contribution in [0.15, 0.2) is 48.5 Å². The third-order valence-electron chi connectivity index (χ3n) is 4.28. The molecule has 0 spiro atoms. The zero-order chi connectivity index (χ0) is 18.0. The fourth-order valence-electron chi connectivity index (χ4n) is 3.09. The van der Waals surface area contributed by atoms with Crippen molar-refractivity contribution >= 4 is 6.08 Å². The zero-order valence-corrected chi connectivity index (χ0v) is 15.9. The van der Waals surface area contributed by atoms with Gasteiger partial charge in [-0.25, -0.2) is 0 Å². The van der Waals surface area contributed by atoms with E-state index in [2.05, 4.69) is 78.0 Å². The van der Waals surface area contributed by atoms with Gasteiger partial charge in [-0.05, 0) is 51.6 Å². The fraction of sp³-hybridized carbons (Fsp3) is 0.391. The second kappa shape index (κ2) is 6.84. The van der Waals surface area contributed by atoms with Crippen molar-refractivity contribution in [3.05, 3.63) is 70.8 Å². The van der Waals surface area contributed by atoms with Crippen molar-refractivity contribution in [2.75, 3.05) is 0 Å². The summed E-state index contributed by atoms with van der Waals surface area (Å²) < 4.78 is 0. The minimum absolute atomic E-state index is 0.00530. The van der Waals surface area contributed by atoms with Gasteiger partial charge in [0.15, 0.2) is 0 Å². The highest BCUT2D eigenvalue weighted by Gasteiger charge is 2.25. The molecule has 0 aliphatic heterocycles. The quantitative estimate of drug-likeness (QED) is 0.709. The van der Waals surface area contributed by atoms with Crippen molar-refractivity contribution in [3.8, 4) is 5.75 Å². The molecule has 0 bridgehead atoms. The number of hydrogen-bond donors (Lipinski definition) is 1. The number of phenols is 1. The number of aromatic hydroxyl groups is 1. The highest BCUT2D eigenvalue weighted by molar-refractivity contribution is 5.53. The molecule has 0 aromatic heterocycles. The number of benzene rings is 2. The van der Waals surface area contributed by atoms with Crippen LogP contribution in [-0.4, -0.2) is 5.11 Å². The molecule has 0 saturated carbocycles. The molecule has 128 valence electrons. The average molecular weight is 322 g/mol. The molecule has 0 aliphatic carbocycles. The highest BCUT2D eigenvalue weighted by atomic mass is 16.3. The van der Waals surface area contributed by atoms with E-state index in [1.165, 1.54) is 22.3 Å². The third kappa shape index (κ3) is 4.50. The van der Waals surface area contributed by atoms with E-state index in [0.717, 1.165) is 6.42 Å². The molecule has 2 rings (SSSR count). The summed E-state index contributed by atoms with van der Waals surface area (Å²) in [6.07, 6.45) is 5.27. The summed E-state index contributed by atoms with van der Waals surface area (Å²) in [6, 6.07) is 14.2. The summed E-state index contributed by atoms with van der Waals surface area (Å²) in [4.78, 5) is 0. The minimum Gasteiger partial charge on any atom is -0.508 e. The van der Waals surface area contributed by atoms with Gasteiger partial charge in [0.25, 0.3) is 0 Å². The van der Waals surface area contributed by atoms with E-state index < -0.39 is 0 Å². The van der Waals surface area contributed by atoms with Crippen LogP contribution in [0, 0.1) is 0 Å². The molecular formula is C23H30O. The van der Waals surface area contributed by atoms with E-state index in [1.807, 2.05) is 18.2 Å². The van der Waals surface area contributed by atoms with Gasteiger partial charge in [-0.2, -0.15) is 0 Å². The first-order valence-corrected chi connectivity index (χ1v) is 8.67. The predicted octanol–water partition coefficient (Wildman–Crippen LogP) is 6.24. The van der Waals surface area contributed by atoms with Gasteiger partial charge in [-0.3, -0.25) is 0 Å². The van der Waals surface area contributed by atoms with E-state index in [1.54, 1.807) is 0 Å². The maximum absolute atomic E-state index is 10.2. The van der Waals surface area contributed by atoms with Crippen LogP contribution in [0.25, 0.3) is 6.08 Å². The molecule has 2 aromatic rings.